The Kier molecular flexibility index (Phi) is 29.3. The second-order valence-corrected chi connectivity index (χ2v) is 22.7. The summed E-state index contributed by atoms with van der Waals surface area (Å²) in [5.41, 5.74) is 4.21. The quantitative estimate of drug-likeness (QED) is 0.0523. The van der Waals surface area contributed by atoms with Crippen LogP contribution in [0.3, 0.4) is 0 Å². The Bertz CT molecular complexity index is 2890. The Morgan fingerprint density at radius 1 is 0.563 bits per heavy atom. The molecule has 22 nitrogen and oxygen atoms in total. The minimum absolute atomic E-state index is 0.0702. The van der Waals surface area contributed by atoms with E-state index in [2.05, 4.69) is 57.8 Å². The van der Waals surface area contributed by atoms with E-state index >= 15 is 0 Å². The number of nitrogens with two attached hydrogens (primary N) is 1. The van der Waals surface area contributed by atoms with E-state index in [0.717, 1.165) is 0 Å². The van der Waals surface area contributed by atoms with E-state index < -0.39 is 88.5 Å². The number of rotatable bonds is 16. The average Bonchev–Trinajstić information content (AvgIpc) is 1.72. The predicted octanol–water partition coefficient (Wildman–Crippen LogP) is 4.98. The van der Waals surface area contributed by atoms with Gasteiger partial charge in [-0.05, 0) is 107 Å². The van der Waals surface area contributed by atoms with Gasteiger partial charge in [0.25, 0.3) is 0 Å². The summed E-state index contributed by atoms with van der Waals surface area (Å²) in [5, 5.41) is 25.7. The van der Waals surface area contributed by atoms with Gasteiger partial charge < -0.3 is 53.6 Å². The first-order valence-corrected chi connectivity index (χ1v) is 29.9. The van der Waals surface area contributed by atoms with Gasteiger partial charge in [-0.3, -0.25) is 47.9 Å². The highest BCUT2D eigenvalue weighted by atomic mass is 19.1. The van der Waals surface area contributed by atoms with Crippen LogP contribution in [0.4, 0.5) is 10.2 Å². The van der Waals surface area contributed by atoms with Gasteiger partial charge in [0, 0.05) is 68.5 Å². The van der Waals surface area contributed by atoms with Gasteiger partial charge in [0.05, 0.1) is 11.1 Å². The Hall–Kier alpha value is -8.47. The Morgan fingerprint density at radius 2 is 0.977 bits per heavy atom. The highest BCUT2D eigenvalue weighted by Gasteiger charge is 2.41. The van der Waals surface area contributed by atoms with Crippen molar-refractivity contribution in [2.45, 2.75) is 155 Å². The van der Waals surface area contributed by atoms with Gasteiger partial charge in [0.15, 0.2) is 11.6 Å². The molecule has 0 radical (unpaired) electrons. The third-order valence-electron chi connectivity index (χ3n) is 15.1. The summed E-state index contributed by atoms with van der Waals surface area (Å²) in [5.74, 6) is -5.89. The van der Waals surface area contributed by atoms with Crippen molar-refractivity contribution < 1.29 is 52.3 Å². The molecule has 0 unspecified atom stereocenters. The van der Waals surface area contributed by atoms with Gasteiger partial charge >= 0.3 is 0 Å². The highest BCUT2D eigenvalue weighted by molar-refractivity contribution is 5.99. The molecule has 23 heteroatoms. The number of aromatic nitrogens is 2. The summed E-state index contributed by atoms with van der Waals surface area (Å²) in [6.07, 6.45) is 5.45. The highest BCUT2D eigenvalue weighted by Crippen LogP contribution is 2.25. The number of nitrogens with zero attached hydrogens (tertiary/aromatic N) is 2. The Balaban J connectivity index is 0.000000337. The molecular formula is C64H89FN12O10. The third-order valence-corrected chi connectivity index (χ3v) is 15.1. The number of halogens is 1. The summed E-state index contributed by atoms with van der Waals surface area (Å²) >= 11 is 0. The number of carbonyl (C=O) groups excluding carboxylic acids is 10. The van der Waals surface area contributed by atoms with Crippen LogP contribution in [-0.2, 0) is 47.9 Å². The first-order valence-electron chi connectivity index (χ1n) is 29.9. The molecule has 0 spiro atoms. The summed E-state index contributed by atoms with van der Waals surface area (Å²) in [6, 6.07) is 23.9. The molecule has 472 valence electrons. The van der Waals surface area contributed by atoms with E-state index in [0.29, 0.717) is 62.1 Å². The Labute approximate surface area is 509 Å². The SMILES string of the molecule is CC[C@@H]1NC(=O)[C@H](CCCN)CC(=O)[C@](C)(NC(=O)C(C)C)CCNC(=O)[C@@H](c2ccccc2)NC1=O.CC[C@@H]1NC(=O)[C@H](CCCNc2ccccn2)CC(=O)[C@](C)(NC(=O)C(C)C)CCNC(=O)[C@@H](c2ccccc2)NC1=O.Fc1ccccn1. The van der Waals surface area contributed by atoms with Gasteiger partial charge in [-0.15, -0.1) is 0 Å². The van der Waals surface area contributed by atoms with E-state index in [9.17, 15) is 52.3 Å². The Morgan fingerprint density at radius 3 is 1.33 bits per heavy atom. The number of benzene rings is 2. The summed E-state index contributed by atoms with van der Waals surface area (Å²) in [7, 11) is 0. The molecule has 4 heterocycles. The fourth-order valence-electron chi connectivity index (χ4n) is 9.40. The van der Waals surface area contributed by atoms with Crippen LogP contribution in [0.25, 0.3) is 0 Å². The smallest absolute Gasteiger partial charge is 0.247 e. The molecule has 8 amide bonds. The van der Waals surface area contributed by atoms with Crippen molar-refractivity contribution in [1.29, 1.82) is 0 Å². The number of hydrogen-bond donors (Lipinski definition) is 10. The van der Waals surface area contributed by atoms with E-state index in [-0.39, 0.29) is 80.4 Å². The maximum absolute atomic E-state index is 13.8. The number of pyridine rings is 2. The number of amides is 8. The molecule has 2 fully saturated rings. The van der Waals surface area contributed by atoms with Gasteiger partial charge in [0.2, 0.25) is 53.2 Å². The normalized spacial score (nSPS) is 23.6. The minimum atomic E-state index is -1.32. The molecule has 4 aromatic rings. The van der Waals surface area contributed by atoms with E-state index in [1.165, 1.54) is 12.3 Å². The molecule has 2 aromatic heterocycles. The zero-order valence-electron chi connectivity index (χ0n) is 51.3. The van der Waals surface area contributed by atoms with Crippen LogP contribution < -0.4 is 53.6 Å². The number of hydrogen-bond acceptors (Lipinski definition) is 14. The average molecular weight is 1210 g/mol. The van der Waals surface area contributed by atoms with Crippen molar-refractivity contribution in [3.8, 4) is 0 Å². The lowest BCUT2D eigenvalue weighted by molar-refractivity contribution is -0.137. The van der Waals surface area contributed by atoms with Crippen molar-refractivity contribution in [3.63, 3.8) is 0 Å². The second-order valence-electron chi connectivity index (χ2n) is 22.7. The molecule has 0 saturated carbocycles. The number of nitrogens with one attached hydrogen (secondary N) is 9. The lowest BCUT2D eigenvalue weighted by Crippen LogP contribution is -2.57. The zero-order valence-corrected chi connectivity index (χ0v) is 51.3. The topological polar surface area (TPSA) is 331 Å². The van der Waals surface area contributed by atoms with Crippen molar-refractivity contribution >= 4 is 64.6 Å². The predicted molar refractivity (Wildman–Crippen MR) is 328 cm³/mol. The first kappa shape index (κ1) is 71.0. The summed E-state index contributed by atoms with van der Waals surface area (Å²) in [4.78, 5) is 140. The van der Waals surface area contributed by atoms with E-state index in [1.54, 1.807) is 128 Å². The molecule has 2 aromatic carbocycles. The molecule has 87 heavy (non-hydrogen) atoms. The molecule has 2 aliphatic rings. The monoisotopic (exact) mass is 1200 g/mol. The van der Waals surface area contributed by atoms with Crippen LogP contribution in [0.5, 0.6) is 0 Å². The number of Topliss-reactive ketones (excluding diaryl/α,β-unsaturated/α-hetero) is 2. The van der Waals surface area contributed by atoms with Crippen LogP contribution in [0, 0.1) is 29.6 Å². The van der Waals surface area contributed by atoms with Crippen molar-refractivity contribution in [2.24, 2.45) is 29.4 Å². The number of ketones is 2. The molecule has 2 aliphatic heterocycles. The first-order chi connectivity index (χ1) is 41.4. The van der Waals surface area contributed by atoms with Crippen LogP contribution in [0.15, 0.2) is 109 Å². The lowest BCUT2D eigenvalue weighted by Gasteiger charge is -2.33. The van der Waals surface area contributed by atoms with E-state index in [4.69, 9.17) is 5.73 Å². The van der Waals surface area contributed by atoms with Crippen LogP contribution in [-0.4, -0.2) is 118 Å². The summed E-state index contributed by atoms with van der Waals surface area (Å²) in [6.45, 7) is 14.7. The van der Waals surface area contributed by atoms with Crippen LogP contribution >= 0.6 is 0 Å². The zero-order chi connectivity index (χ0) is 64.1. The lowest BCUT2D eigenvalue weighted by atomic mass is 9.84. The molecule has 0 aliphatic carbocycles. The van der Waals surface area contributed by atoms with Gasteiger partial charge in [-0.25, -0.2) is 9.97 Å². The molecule has 11 N–H and O–H groups in total. The molecule has 6 rings (SSSR count). The third kappa shape index (κ3) is 23.0. The standard InChI is InChI=1S/C32H44N6O5.C27H41N5O5.C5H4FN/c1-5-24-30(42)37-27(22-12-7-6-8-13-22)31(43)35-19-16-32(4,38-28(40)21(2)3)25(39)20-23(29(41)36-24)14-11-18-34-26-15-9-10-17-33-26;1-5-20-25(36)31-22(18-10-7-6-8-11-18)26(37)29-15-13-27(4,32-23(34)17(2)3)21(33)16-19(12-9-14-28)24(35)30-20;6-5-3-1-2-4-7-5/h6-10,12-13,15,17,21,23-24,27H,5,11,14,16,18-20H2,1-4H3,(H,33,34)(H,35,43)(H,36,41)(H,37,42)(H,38,40);6-8,10-11,17,19-20,22H,5,9,12-16,28H2,1-4H3,(H,29,37)(H,30,35)(H,31,36)(H,32,34);1-4H/t23-,24+,27-,32-;19-,20+,22-,27-;/m11./s1. The van der Waals surface area contributed by atoms with Crippen LogP contribution in [0.2, 0.25) is 0 Å². The maximum atomic E-state index is 13.8. The second kappa shape index (κ2) is 35.9. The van der Waals surface area contributed by atoms with Crippen molar-refractivity contribution in [3.05, 3.63) is 127 Å². The number of anilines is 1. The molecule has 2 saturated heterocycles. The maximum Gasteiger partial charge on any atom is 0.247 e. The van der Waals surface area contributed by atoms with E-state index in [1.807, 2.05) is 24.3 Å². The molecule has 8 atom stereocenters. The van der Waals surface area contributed by atoms with Gasteiger partial charge in [-0.1, -0.05) is 114 Å². The fraction of sp³-hybridized carbons (Fsp3) is 0.500. The van der Waals surface area contributed by atoms with Crippen molar-refractivity contribution in [2.75, 3.05) is 31.5 Å². The fourth-order valence-corrected chi connectivity index (χ4v) is 9.40. The molecule has 0 bridgehead atoms. The van der Waals surface area contributed by atoms with Gasteiger partial charge in [-0.2, -0.15) is 4.39 Å². The van der Waals surface area contributed by atoms with Crippen LogP contribution in [0.1, 0.15) is 143 Å². The van der Waals surface area contributed by atoms with Crippen molar-refractivity contribution in [1.82, 2.24) is 52.5 Å². The largest absolute Gasteiger partial charge is 0.370 e. The summed E-state index contributed by atoms with van der Waals surface area (Å²) < 4.78 is 11.8. The molecular weight excluding hydrogens is 1120 g/mol. The van der Waals surface area contributed by atoms with Gasteiger partial charge in [0.1, 0.15) is 30.0 Å². The number of carbonyl (C=O) groups is 10. The minimum Gasteiger partial charge on any atom is -0.370 e.